The first-order chi connectivity index (χ1) is 12.5. The maximum atomic E-state index is 12.3. The molecule has 2 heterocycles. The molecule has 0 spiro atoms. The lowest BCUT2D eigenvalue weighted by molar-refractivity contribution is -0.133. The van der Waals surface area contributed by atoms with E-state index in [9.17, 15) is 9.59 Å². The first kappa shape index (κ1) is 21.2. The van der Waals surface area contributed by atoms with E-state index < -0.39 is 0 Å². The van der Waals surface area contributed by atoms with Gasteiger partial charge < -0.3 is 15.1 Å². The second-order valence-corrected chi connectivity index (χ2v) is 8.19. The highest BCUT2D eigenvalue weighted by atomic mass is 16.2. The predicted molar refractivity (Wildman–Crippen MR) is 108 cm³/mol. The Bertz CT molecular complexity index is 445. The largest absolute Gasteiger partial charge is 0.356 e. The molecule has 0 aliphatic carbocycles. The van der Waals surface area contributed by atoms with Crippen molar-refractivity contribution in [2.45, 2.75) is 78.2 Å². The van der Waals surface area contributed by atoms with Crippen LogP contribution in [0.15, 0.2) is 0 Å². The molecule has 152 valence electrons. The van der Waals surface area contributed by atoms with Crippen molar-refractivity contribution < 1.29 is 11.0 Å². The predicted octanol–water partition coefficient (Wildman–Crippen LogP) is 3.29. The Morgan fingerprint density at radius 2 is 1.73 bits per heavy atom. The number of amides is 2. The fourth-order valence-corrected chi connectivity index (χ4v) is 4.20. The standard InChI is InChI=1S/C21H39N3O2.H2/c1-4-17(3)23-15-10-19(11-16-23)21(26)22-12-6-7-20(25)24-13-8-18(5-2)9-14-24;/h17-19H,4-16H2,1-3H3,(H,22,26);1H. The average molecular weight is 368 g/mol. The molecule has 5 nitrogen and oxygen atoms in total. The van der Waals surface area contributed by atoms with Crippen LogP contribution < -0.4 is 5.32 Å². The fraction of sp³-hybridized carbons (Fsp3) is 0.905. The zero-order chi connectivity index (χ0) is 18.9. The van der Waals surface area contributed by atoms with Crippen LogP contribution in [-0.4, -0.2) is 60.4 Å². The maximum Gasteiger partial charge on any atom is 0.223 e. The second-order valence-electron chi connectivity index (χ2n) is 8.19. The molecular formula is C21H41N3O2. The van der Waals surface area contributed by atoms with Crippen LogP contribution in [0.5, 0.6) is 0 Å². The van der Waals surface area contributed by atoms with Crippen LogP contribution >= 0.6 is 0 Å². The molecule has 0 bridgehead atoms. The molecular weight excluding hydrogens is 326 g/mol. The van der Waals surface area contributed by atoms with Gasteiger partial charge in [-0.05, 0) is 64.5 Å². The summed E-state index contributed by atoms with van der Waals surface area (Å²) < 4.78 is 0. The van der Waals surface area contributed by atoms with Crippen LogP contribution in [0.1, 0.15) is 73.6 Å². The van der Waals surface area contributed by atoms with Crippen LogP contribution in [0.25, 0.3) is 0 Å². The summed E-state index contributed by atoms with van der Waals surface area (Å²) in [6.07, 6.45) is 7.92. The monoisotopic (exact) mass is 367 g/mol. The van der Waals surface area contributed by atoms with E-state index in [1.54, 1.807) is 0 Å². The highest BCUT2D eigenvalue weighted by Crippen LogP contribution is 2.21. The Labute approximate surface area is 161 Å². The molecule has 1 unspecified atom stereocenters. The SMILES string of the molecule is CCC1CCN(C(=O)CCCNC(=O)C2CCN(C(C)CC)CC2)CC1.[HH]. The molecule has 2 aliphatic heterocycles. The normalized spacial score (nSPS) is 21.6. The quantitative estimate of drug-likeness (QED) is 0.670. The molecule has 2 fully saturated rings. The number of rotatable bonds is 8. The van der Waals surface area contributed by atoms with Crippen molar-refractivity contribution in [3.8, 4) is 0 Å². The van der Waals surface area contributed by atoms with Gasteiger partial charge in [0.05, 0.1) is 0 Å². The van der Waals surface area contributed by atoms with Gasteiger partial charge in [0.15, 0.2) is 0 Å². The van der Waals surface area contributed by atoms with Gasteiger partial charge in [-0.1, -0.05) is 20.3 Å². The zero-order valence-electron chi connectivity index (χ0n) is 17.1. The smallest absolute Gasteiger partial charge is 0.223 e. The van der Waals surface area contributed by atoms with E-state index in [-0.39, 0.29) is 19.2 Å². The van der Waals surface area contributed by atoms with Crippen LogP contribution in [0, 0.1) is 11.8 Å². The van der Waals surface area contributed by atoms with E-state index in [1.165, 1.54) is 12.8 Å². The molecule has 0 aromatic carbocycles. The molecule has 0 aromatic heterocycles. The van der Waals surface area contributed by atoms with E-state index >= 15 is 0 Å². The summed E-state index contributed by atoms with van der Waals surface area (Å²) in [4.78, 5) is 29.1. The number of nitrogens with one attached hydrogen (secondary N) is 1. The van der Waals surface area contributed by atoms with E-state index in [1.807, 2.05) is 4.90 Å². The highest BCUT2D eigenvalue weighted by molar-refractivity contribution is 5.79. The van der Waals surface area contributed by atoms with Crippen molar-refractivity contribution in [3.63, 3.8) is 0 Å². The first-order valence-electron chi connectivity index (χ1n) is 10.8. The van der Waals surface area contributed by atoms with Crippen molar-refractivity contribution in [1.82, 2.24) is 15.1 Å². The summed E-state index contributed by atoms with van der Waals surface area (Å²) in [5.41, 5.74) is 0. The van der Waals surface area contributed by atoms with Crippen molar-refractivity contribution >= 4 is 11.8 Å². The summed E-state index contributed by atoms with van der Waals surface area (Å²) in [6.45, 7) is 11.2. The van der Waals surface area contributed by atoms with E-state index in [4.69, 9.17) is 0 Å². The Morgan fingerprint density at radius 1 is 1.08 bits per heavy atom. The highest BCUT2D eigenvalue weighted by Gasteiger charge is 2.26. The Hall–Kier alpha value is -1.10. The molecule has 26 heavy (non-hydrogen) atoms. The fourth-order valence-electron chi connectivity index (χ4n) is 4.20. The van der Waals surface area contributed by atoms with Gasteiger partial charge in [0.25, 0.3) is 0 Å². The lowest BCUT2D eigenvalue weighted by Gasteiger charge is -2.35. The van der Waals surface area contributed by atoms with Gasteiger partial charge in [0.2, 0.25) is 11.8 Å². The first-order valence-corrected chi connectivity index (χ1v) is 10.8. The summed E-state index contributed by atoms with van der Waals surface area (Å²) in [5.74, 6) is 1.39. The molecule has 2 amide bonds. The number of likely N-dealkylation sites (tertiary alicyclic amines) is 2. The lowest BCUT2D eigenvalue weighted by Crippen LogP contribution is -2.44. The molecule has 0 aromatic rings. The van der Waals surface area contributed by atoms with Gasteiger partial charge in [0, 0.05) is 39.4 Å². The van der Waals surface area contributed by atoms with Crippen molar-refractivity contribution in [3.05, 3.63) is 0 Å². The number of nitrogens with zero attached hydrogens (tertiary/aromatic N) is 2. The molecule has 1 N–H and O–H groups in total. The van der Waals surface area contributed by atoms with Crippen LogP contribution in [0.3, 0.4) is 0 Å². The van der Waals surface area contributed by atoms with Gasteiger partial charge in [-0.3, -0.25) is 9.59 Å². The van der Waals surface area contributed by atoms with E-state index in [0.29, 0.717) is 19.0 Å². The third kappa shape index (κ3) is 6.26. The molecule has 0 radical (unpaired) electrons. The van der Waals surface area contributed by atoms with E-state index in [0.717, 1.165) is 64.2 Å². The van der Waals surface area contributed by atoms with Gasteiger partial charge in [-0.15, -0.1) is 0 Å². The van der Waals surface area contributed by atoms with Crippen molar-refractivity contribution in [2.75, 3.05) is 32.7 Å². The van der Waals surface area contributed by atoms with Crippen LogP contribution in [0.2, 0.25) is 0 Å². The van der Waals surface area contributed by atoms with Gasteiger partial charge in [-0.25, -0.2) is 0 Å². The Morgan fingerprint density at radius 3 is 2.31 bits per heavy atom. The maximum absolute atomic E-state index is 12.3. The van der Waals surface area contributed by atoms with Crippen molar-refractivity contribution in [2.24, 2.45) is 11.8 Å². The number of piperidine rings is 2. The van der Waals surface area contributed by atoms with Gasteiger partial charge in [-0.2, -0.15) is 0 Å². The molecule has 2 saturated heterocycles. The Balaban J connectivity index is 0.00000364. The number of hydrogen-bond acceptors (Lipinski definition) is 3. The minimum atomic E-state index is 0. The van der Waals surface area contributed by atoms with Gasteiger partial charge >= 0.3 is 0 Å². The average Bonchev–Trinajstić information content (AvgIpc) is 2.70. The third-order valence-corrected chi connectivity index (χ3v) is 6.53. The molecule has 2 aliphatic rings. The molecule has 2 rings (SSSR count). The van der Waals surface area contributed by atoms with Gasteiger partial charge in [0.1, 0.15) is 0 Å². The zero-order valence-corrected chi connectivity index (χ0v) is 17.1. The van der Waals surface area contributed by atoms with E-state index in [2.05, 4.69) is 31.0 Å². The minimum Gasteiger partial charge on any atom is -0.356 e. The summed E-state index contributed by atoms with van der Waals surface area (Å²) in [5, 5.41) is 3.06. The number of hydrogen-bond donors (Lipinski definition) is 1. The Kier molecular flexibility index (Phi) is 8.89. The summed E-state index contributed by atoms with van der Waals surface area (Å²) in [7, 11) is 0. The molecule has 0 saturated carbocycles. The minimum absolute atomic E-state index is 0. The molecule has 1 atom stereocenters. The third-order valence-electron chi connectivity index (χ3n) is 6.53. The van der Waals surface area contributed by atoms with Crippen LogP contribution in [-0.2, 0) is 9.59 Å². The molecule has 5 heteroatoms. The second kappa shape index (κ2) is 10.9. The lowest BCUT2D eigenvalue weighted by atomic mass is 9.94. The van der Waals surface area contributed by atoms with Crippen LogP contribution in [0.4, 0.5) is 0 Å². The van der Waals surface area contributed by atoms with Crippen molar-refractivity contribution in [1.29, 1.82) is 0 Å². The summed E-state index contributed by atoms with van der Waals surface area (Å²) in [6, 6.07) is 0.618. The number of carbonyl (C=O) groups is 2. The summed E-state index contributed by atoms with van der Waals surface area (Å²) >= 11 is 0. The topological polar surface area (TPSA) is 52.7 Å². The number of carbonyl (C=O) groups excluding carboxylic acids is 2.